The van der Waals surface area contributed by atoms with E-state index in [0.717, 1.165) is 25.9 Å². The average molecular weight is 337 g/mol. The van der Waals surface area contributed by atoms with Gasteiger partial charge in [0, 0.05) is 39.0 Å². The molecule has 1 saturated carbocycles. The Kier molecular flexibility index (Phi) is 6.63. The van der Waals surface area contributed by atoms with Gasteiger partial charge in [-0.25, -0.2) is 0 Å². The van der Waals surface area contributed by atoms with Crippen molar-refractivity contribution in [2.24, 2.45) is 11.3 Å². The van der Waals surface area contributed by atoms with Gasteiger partial charge in [0.05, 0.1) is 5.41 Å². The standard InChI is InChI=1S/C18H31N3O3/c1-18(2,12-15(22)20-13-14-6-5-7-14)17(24)19-9-11-21-10-4-3-8-16(21)23/h14H,3-13H2,1-2H3,(H,19,24)(H,20,22). The van der Waals surface area contributed by atoms with Gasteiger partial charge in [-0.15, -0.1) is 0 Å². The van der Waals surface area contributed by atoms with Crippen LogP contribution in [-0.4, -0.2) is 48.8 Å². The van der Waals surface area contributed by atoms with Crippen molar-refractivity contribution in [1.29, 1.82) is 0 Å². The van der Waals surface area contributed by atoms with Crippen LogP contribution in [0.2, 0.25) is 0 Å². The summed E-state index contributed by atoms with van der Waals surface area (Å²) in [6.07, 6.45) is 6.44. The van der Waals surface area contributed by atoms with E-state index >= 15 is 0 Å². The number of nitrogens with one attached hydrogen (secondary N) is 2. The fourth-order valence-electron chi connectivity index (χ4n) is 3.14. The molecule has 0 aromatic carbocycles. The molecule has 1 aliphatic carbocycles. The number of likely N-dealkylation sites (tertiary alicyclic amines) is 1. The molecule has 2 N–H and O–H groups in total. The highest BCUT2D eigenvalue weighted by molar-refractivity contribution is 5.88. The molecule has 2 fully saturated rings. The molecule has 0 atom stereocenters. The Morgan fingerprint density at radius 2 is 1.92 bits per heavy atom. The van der Waals surface area contributed by atoms with Crippen LogP contribution in [0.3, 0.4) is 0 Å². The van der Waals surface area contributed by atoms with E-state index in [2.05, 4.69) is 10.6 Å². The Morgan fingerprint density at radius 3 is 2.54 bits per heavy atom. The molecular formula is C18H31N3O3. The molecule has 0 aromatic rings. The maximum atomic E-state index is 12.3. The minimum absolute atomic E-state index is 0.0618. The van der Waals surface area contributed by atoms with Crippen LogP contribution in [-0.2, 0) is 14.4 Å². The number of carbonyl (C=O) groups is 3. The predicted molar refractivity (Wildman–Crippen MR) is 92.2 cm³/mol. The zero-order chi connectivity index (χ0) is 17.6. The second-order valence-corrected chi connectivity index (χ2v) is 7.76. The van der Waals surface area contributed by atoms with Crippen molar-refractivity contribution in [3.05, 3.63) is 0 Å². The first-order valence-corrected chi connectivity index (χ1v) is 9.21. The van der Waals surface area contributed by atoms with Gasteiger partial charge in [0.25, 0.3) is 0 Å². The Balaban J connectivity index is 1.66. The lowest BCUT2D eigenvalue weighted by Crippen LogP contribution is -2.45. The molecule has 24 heavy (non-hydrogen) atoms. The molecule has 2 aliphatic rings. The molecule has 136 valence electrons. The van der Waals surface area contributed by atoms with E-state index in [4.69, 9.17) is 0 Å². The highest BCUT2D eigenvalue weighted by atomic mass is 16.2. The third kappa shape index (κ3) is 5.49. The first-order valence-electron chi connectivity index (χ1n) is 9.21. The summed E-state index contributed by atoms with van der Waals surface area (Å²) in [6, 6.07) is 0. The maximum Gasteiger partial charge on any atom is 0.226 e. The third-order valence-corrected chi connectivity index (χ3v) is 5.12. The number of hydrogen-bond donors (Lipinski definition) is 2. The molecule has 3 amide bonds. The molecule has 0 radical (unpaired) electrons. The summed E-state index contributed by atoms with van der Waals surface area (Å²) < 4.78 is 0. The SMILES string of the molecule is CC(C)(CC(=O)NCC1CCC1)C(=O)NCCN1CCCCC1=O. The molecular weight excluding hydrogens is 306 g/mol. The van der Waals surface area contributed by atoms with Crippen LogP contribution in [0.5, 0.6) is 0 Å². The van der Waals surface area contributed by atoms with Crippen LogP contribution < -0.4 is 10.6 Å². The Labute approximate surface area is 144 Å². The van der Waals surface area contributed by atoms with Crippen LogP contribution in [0.15, 0.2) is 0 Å². The van der Waals surface area contributed by atoms with Crippen molar-refractivity contribution in [3.8, 4) is 0 Å². The van der Waals surface area contributed by atoms with E-state index in [-0.39, 0.29) is 24.1 Å². The monoisotopic (exact) mass is 337 g/mol. The van der Waals surface area contributed by atoms with E-state index in [1.54, 1.807) is 13.8 Å². The lowest BCUT2D eigenvalue weighted by molar-refractivity contribution is -0.136. The number of nitrogens with zero attached hydrogens (tertiary/aromatic N) is 1. The molecule has 6 nitrogen and oxygen atoms in total. The Morgan fingerprint density at radius 1 is 1.17 bits per heavy atom. The van der Waals surface area contributed by atoms with Crippen molar-refractivity contribution in [2.45, 2.75) is 58.8 Å². The smallest absolute Gasteiger partial charge is 0.226 e. The second-order valence-electron chi connectivity index (χ2n) is 7.76. The van der Waals surface area contributed by atoms with E-state index in [9.17, 15) is 14.4 Å². The van der Waals surface area contributed by atoms with E-state index in [1.807, 2.05) is 4.90 Å². The molecule has 2 rings (SSSR count). The molecule has 6 heteroatoms. The summed E-state index contributed by atoms with van der Waals surface area (Å²) in [6.45, 7) is 6.08. The first kappa shape index (κ1) is 18.7. The van der Waals surface area contributed by atoms with Gasteiger partial charge in [0.1, 0.15) is 0 Å². The summed E-state index contributed by atoms with van der Waals surface area (Å²) in [5.74, 6) is 0.595. The first-order chi connectivity index (χ1) is 11.4. The second kappa shape index (κ2) is 8.49. The van der Waals surface area contributed by atoms with Crippen molar-refractivity contribution < 1.29 is 14.4 Å². The van der Waals surface area contributed by atoms with Crippen LogP contribution in [0.25, 0.3) is 0 Å². The molecule has 1 aliphatic heterocycles. The molecule has 0 aromatic heterocycles. The molecule has 1 heterocycles. The van der Waals surface area contributed by atoms with Gasteiger partial charge in [0.15, 0.2) is 0 Å². The van der Waals surface area contributed by atoms with Gasteiger partial charge >= 0.3 is 0 Å². The lowest BCUT2D eigenvalue weighted by Gasteiger charge is -2.29. The highest BCUT2D eigenvalue weighted by Crippen LogP contribution is 2.25. The van der Waals surface area contributed by atoms with Crippen LogP contribution in [0.1, 0.15) is 58.8 Å². The minimum atomic E-state index is -0.740. The van der Waals surface area contributed by atoms with Gasteiger partial charge in [0.2, 0.25) is 17.7 Å². The van der Waals surface area contributed by atoms with E-state index in [0.29, 0.717) is 25.4 Å². The molecule has 1 saturated heterocycles. The van der Waals surface area contributed by atoms with Gasteiger partial charge < -0.3 is 15.5 Å². The molecule has 0 unspecified atom stereocenters. The number of hydrogen-bond acceptors (Lipinski definition) is 3. The average Bonchev–Trinajstić information content (AvgIpc) is 2.47. The minimum Gasteiger partial charge on any atom is -0.356 e. The summed E-state index contributed by atoms with van der Waals surface area (Å²) >= 11 is 0. The Hall–Kier alpha value is -1.59. The van der Waals surface area contributed by atoms with Crippen LogP contribution in [0.4, 0.5) is 0 Å². The van der Waals surface area contributed by atoms with E-state index in [1.165, 1.54) is 19.3 Å². The Bertz CT molecular complexity index is 472. The summed E-state index contributed by atoms with van der Waals surface area (Å²) in [7, 11) is 0. The normalized spacial score (nSPS) is 18.9. The summed E-state index contributed by atoms with van der Waals surface area (Å²) in [4.78, 5) is 37.9. The molecule has 0 spiro atoms. The third-order valence-electron chi connectivity index (χ3n) is 5.12. The van der Waals surface area contributed by atoms with Crippen molar-refractivity contribution >= 4 is 17.7 Å². The lowest BCUT2D eigenvalue weighted by atomic mass is 9.85. The predicted octanol–water partition coefficient (Wildman–Crippen LogP) is 1.45. The number of piperidine rings is 1. The fourth-order valence-corrected chi connectivity index (χ4v) is 3.14. The largest absolute Gasteiger partial charge is 0.356 e. The number of rotatable bonds is 8. The van der Waals surface area contributed by atoms with Crippen molar-refractivity contribution in [1.82, 2.24) is 15.5 Å². The topological polar surface area (TPSA) is 78.5 Å². The summed E-state index contributed by atoms with van der Waals surface area (Å²) in [5, 5.41) is 5.81. The quantitative estimate of drug-likeness (QED) is 0.703. The van der Waals surface area contributed by atoms with Gasteiger partial charge in [-0.05, 0) is 31.6 Å². The fraction of sp³-hybridized carbons (Fsp3) is 0.833. The van der Waals surface area contributed by atoms with Crippen LogP contribution >= 0.6 is 0 Å². The summed E-state index contributed by atoms with van der Waals surface area (Å²) in [5.41, 5.74) is -0.740. The zero-order valence-corrected chi connectivity index (χ0v) is 15.0. The molecule has 0 bridgehead atoms. The van der Waals surface area contributed by atoms with Crippen molar-refractivity contribution in [2.75, 3.05) is 26.2 Å². The number of amides is 3. The van der Waals surface area contributed by atoms with E-state index < -0.39 is 5.41 Å². The van der Waals surface area contributed by atoms with Crippen molar-refractivity contribution in [3.63, 3.8) is 0 Å². The van der Waals surface area contributed by atoms with Gasteiger partial charge in [-0.1, -0.05) is 20.3 Å². The van der Waals surface area contributed by atoms with Crippen LogP contribution in [0, 0.1) is 11.3 Å². The highest BCUT2D eigenvalue weighted by Gasteiger charge is 2.31. The number of carbonyl (C=O) groups excluding carboxylic acids is 3. The maximum absolute atomic E-state index is 12.3. The van der Waals surface area contributed by atoms with Gasteiger partial charge in [-0.3, -0.25) is 14.4 Å². The van der Waals surface area contributed by atoms with Gasteiger partial charge in [-0.2, -0.15) is 0 Å². The zero-order valence-electron chi connectivity index (χ0n) is 15.0.